The van der Waals surface area contributed by atoms with Crippen molar-refractivity contribution in [3.05, 3.63) is 28.8 Å². The van der Waals surface area contributed by atoms with Crippen LogP contribution in [0.1, 0.15) is 39.8 Å². The third-order valence-corrected chi connectivity index (χ3v) is 3.88. The van der Waals surface area contributed by atoms with Crippen molar-refractivity contribution in [1.82, 2.24) is 19.7 Å². The average Bonchev–Trinajstić information content (AvgIpc) is 2.79. The zero-order valence-corrected chi connectivity index (χ0v) is 12.3. The van der Waals surface area contributed by atoms with Crippen molar-refractivity contribution in [2.75, 3.05) is 5.73 Å². The lowest BCUT2D eigenvalue weighted by molar-refractivity contribution is 0.0961. The van der Waals surface area contributed by atoms with Gasteiger partial charge in [0.05, 0.1) is 22.6 Å². The van der Waals surface area contributed by atoms with Gasteiger partial charge in [0.2, 0.25) is 5.95 Å². The molecule has 2 heterocycles. The predicted octanol–water partition coefficient (Wildman–Crippen LogP) is -1.31. The fourth-order valence-corrected chi connectivity index (χ4v) is 3.03. The van der Waals surface area contributed by atoms with E-state index in [9.17, 15) is 14.8 Å². The second-order valence-corrected chi connectivity index (χ2v) is 5.53. The highest BCUT2D eigenvalue weighted by Gasteiger charge is 2.34. The minimum absolute atomic E-state index is 0.0761. The van der Waals surface area contributed by atoms with Gasteiger partial charge in [-0.15, -0.1) is 0 Å². The van der Waals surface area contributed by atoms with E-state index in [0.29, 0.717) is 34.5 Å². The first-order valence-corrected chi connectivity index (χ1v) is 6.92. The summed E-state index contributed by atoms with van der Waals surface area (Å²) >= 11 is 0. The first kappa shape index (κ1) is 14.7. The average molecular weight is 301 g/mol. The van der Waals surface area contributed by atoms with Crippen LogP contribution in [0.2, 0.25) is 0 Å². The van der Waals surface area contributed by atoms with Crippen molar-refractivity contribution < 1.29 is 14.8 Å². The van der Waals surface area contributed by atoms with E-state index >= 15 is 0 Å². The predicted molar refractivity (Wildman–Crippen MR) is 79.6 cm³/mol. The Morgan fingerprint density at radius 1 is 1.36 bits per heavy atom. The SMILES string of the molecule is Cc1nc(N)nc2c1C(=O)CC(c1nn(C)cc1B(O)O)C2. The quantitative estimate of drug-likeness (QED) is 0.588. The monoisotopic (exact) mass is 301 g/mol. The van der Waals surface area contributed by atoms with E-state index < -0.39 is 7.12 Å². The van der Waals surface area contributed by atoms with Crippen LogP contribution in [0, 0.1) is 6.92 Å². The zero-order valence-electron chi connectivity index (χ0n) is 12.3. The first-order valence-electron chi connectivity index (χ1n) is 6.92. The second kappa shape index (κ2) is 5.18. The van der Waals surface area contributed by atoms with Crippen LogP contribution in [0.5, 0.6) is 0 Å². The van der Waals surface area contributed by atoms with Gasteiger partial charge >= 0.3 is 7.12 Å². The molecule has 2 aromatic heterocycles. The number of anilines is 1. The molecule has 0 saturated carbocycles. The number of hydrogen-bond acceptors (Lipinski definition) is 7. The van der Waals surface area contributed by atoms with Crippen molar-refractivity contribution in [2.45, 2.75) is 25.7 Å². The number of nitrogens with two attached hydrogens (primary N) is 1. The maximum atomic E-state index is 12.4. The van der Waals surface area contributed by atoms with Gasteiger partial charge in [-0.2, -0.15) is 5.10 Å². The minimum atomic E-state index is -1.63. The molecule has 114 valence electrons. The van der Waals surface area contributed by atoms with Crippen LogP contribution in [-0.2, 0) is 13.5 Å². The van der Waals surface area contributed by atoms with Crippen LogP contribution in [0.25, 0.3) is 0 Å². The summed E-state index contributed by atoms with van der Waals surface area (Å²) in [5, 5.41) is 23.2. The van der Waals surface area contributed by atoms with E-state index in [1.165, 1.54) is 4.68 Å². The van der Waals surface area contributed by atoms with Crippen molar-refractivity contribution in [2.24, 2.45) is 7.05 Å². The van der Waals surface area contributed by atoms with Crippen molar-refractivity contribution in [1.29, 1.82) is 0 Å². The van der Waals surface area contributed by atoms with E-state index in [1.54, 1.807) is 20.2 Å². The molecule has 0 aliphatic heterocycles. The Morgan fingerprint density at radius 2 is 2.09 bits per heavy atom. The molecule has 8 nitrogen and oxygen atoms in total. The Hall–Kier alpha value is -2.26. The molecule has 0 saturated heterocycles. The molecular weight excluding hydrogens is 285 g/mol. The van der Waals surface area contributed by atoms with E-state index in [2.05, 4.69) is 15.1 Å². The zero-order chi connectivity index (χ0) is 16.0. The van der Waals surface area contributed by atoms with Crippen LogP contribution in [0.3, 0.4) is 0 Å². The fraction of sp³-hybridized carbons (Fsp3) is 0.385. The Kier molecular flexibility index (Phi) is 3.46. The molecule has 0 fully saturated rings. The molecule has 1 aliphatic carbocycles. The summed E-state index contributed by atoms with van der Waals surface area (Å²) in [4.78, 5) is 20.6. The van der Waals surface area contributed by atoms with Gasteiger partial charge in [-0.3, -0.25) is 9.48 Å². The summed E-state index contributed by atoms with van der Waals surface area (Å²) in [5.41, 5.74) is 8.17. The Morgan fingerprint density at radius 3 is 2.77 bits per heavy atom. The lowest BCUT2D eigenvalue weighted by atomic mass is 9.74. The van der Waals surface area contributed by atoms with Gasteiger partial charge in [-0.1, -0.05) is 0 Å². The van der Waals surface area contributed by atoms with Gasteiger partial charge in [0.25, 0.3) is 0 Å². The number of carbonyl (C=O) groups is 1. The maximum absolute atomic E-state index is 12.4. The summed E-state index contributed by atoms with van der Waals surface area (Å²) < 4.78 is 1.50. The number of nitrogens with zero attached hydrogens (tertiary/aromatic N) is 4. The van der Waals surface area contributed by atoms with E-state index in [1.807, 2.05) is 0 Å². The topological polar surface area (TPSA) is 127 Å². The van der Waals surface area contributed by atoms with Gasteiger partial charge in [0, 0.05) is 31.0 Å². The van der Waals surface area contributed by atoms with Crippen molar-refractivity contribution in [3.63, 3.8) is 0 Å². The summed E-state index contributed by atoms with van der Waals surface area (Å²) in [6.07, 6.45) is 2.24. The normalized spacial score (nSPS) is 17.5. The number of nitrogen functional groups attached to an aromatic ring is 1. The van der Waals surface area contributed by atoms with Gasteiger partial charge in [0.1, 0.15) is 0 Å². The van der Waals surface area contributed by atoms with Gasteiger partial charge < -0.3 is 15.8 Å². The van der Waals surface area contributed by atoms with Crippen LogP contribution in [0.15, 0.2) is 6.20 Å². The molecule has 9 heteroatoms. The molecule has 22 heavy (non-hydrogen) atoms. The molecule has 0 radical (unpaired) electrons. The van der Waals surface area contributed by atoms with E-state index in [4.69, 9.17) is 5.73 Å². The Labute approximate surface area is 127 Å². The summed E-state index contributed by atoms with van der Waals surface area (Å²) in [6, 6.07) is 0. The number of Topliss-reactive ketones (excluding diaryl/α,β-unsaturated/α-hetero) is 1. The number of rotatable bonds is 2. The van der Waals surface area contributed by atoms with Crippen molar-refractivity contribution >= 4 is 24.3 Å². The molecule has 1 aliphatic rings. The number of aryl methyl sites for hydroxylation is 2. The van der Waals surface area contributed by atoms with Crippen LogP contribution >= 0.6 is 0 Å². The largest absolute Gasteiger partial charge is 0.491 e. The molecule has 1 unspecified atom stereocenters. The molecular formula is C13H16BN5O3. The third kappa shape index (κ3) is 2.38. The summed E-state index contributed by atoms with van der Waals surface area (Å²) in [6.45, 7) is 1.73. The van der Waals surface area contributed by atoms with E-state index in [-0.39, 0.29) is 24.1 Å². The highest BCUT2D eigenvalue weighted by molar-refractivity contribution is 6.59. The molecule has 2 aromatic rings. The number of ketones is 1. The third-order valence-electron chi connectivity index (χ3n) is 3.88. The highest BCUT2D eigenvalue weighted by atomic mass is 16.4. The molecule has 0 amide bonds. The van der Waals surface area contributed by atoms with Crippen molar-refractivity contribution in [3.8, 4) is 0 Å². The highest BCUT2D eigenvalue weighted by Crippen LogP contribution is 2.31. The lowest BCUT2D eigenvalue weighted by Gasteiger charge is -2.23. The number of fused-ring (bicyclic) bond motifs is 1. The molecule has 0 bridgehead atoms. The molecule has 0 spiro atoms. The molecule has 3 rings (SSSR count). The molecule has 4 N–H and O–H groups in total. The van der Waals surface area contributed by atoms with E-state index in [0.717, 1.165) is 0 Å². The maximum Gasteiger partial charge on any atom is 0.491 e. The molecule has 0 aromatic carbocycles. The van der Waals surface area contributed by atoms with Gasteiger partial charge in [-0.05, 0) is 13.3 Å². The fourth-order valence-electron chi connectivity index (χ4n) is 3.03. The number of carbonyl (C=O) groups excluding carboxylic acids is 1. The van der Waals surface area contributed by atoms with Gasteiger partial charge in [0.15, 0.2) is 5.78 Å². The van der Waals surface area contributed by atoms with Crippen LogP contribution in [-0.4, -0.2) is 42.7 Å². The Bertz CT molecular complexity index is 758. The lowest BCUT2D eigenvalue weighted by Crippen LogP contribution is -2.34. The number of aromatic nitrogens is 4. The summed E-state index contributed by atoms with van der Waals surface area (Å²) in [5.74, 6) is -0.201. The van der Waals surface area contributed by atoms with Crippen LogP contribution in [0.4, 0.5) is 5.95 Å². The smallest absolute Gasteiger partial charge is 0.423 e. The standard InChI is InChI=1S/C13H16BN5O3/c1-6-11-9(17-13(15)16-6)3-7(4-10(11)20)12-8(14(21)22)5-19(2)18-12/h5,7,21-22H,3-4H2,1-2H3,(H2,15,16,17). The van der Waals surface area contributed by atoms with Crippen LogP contribution < -0.4 is 11.2 Å². The first-order chi connectivity index (χ1) is 10.4. The summed E-state index contributed by atoms with van der Waals surface area (Å²) in [7, 11) is 0.0653. The Balaban J connectivity index is 2.04. The minimum Gasteiger partial charge on any atom is -0.423 e. The second-order valence-electron chi connectivity index (χ2n) is 5.53. The number of hydrogen-bond donors (Lipinski definition) is 3. The van der Waals surface area contributed by atoms with Gasteiger partial charge in [-0.25, -0.2) is 9.97 Å². The molecule has 1 atom stereocenters.